The number of carbonyl (C=O) groups excluding carboxylic acids is 1. The minimum atomic E-state index is -0.423. The fourth-order valence-corrected chi connectivity index (χ4v) is 2.41. The largest absolute Gasteiger partial charge is 0.364 e. The molecule has 3 rings (SSSR count). The molecule has 1 aliphatic rings. The Morgan fingerprint density at radius 3 is 2.91 bits per heavy atom. The van der Waals surface area contributed by atoms with Gasteiger partial charge in [-0.1, -0.05) is 0 Å². The van der Waals surface area contributed by atoms with Gasteiger partial charge in [0.15, 0.2) is 0 Å². The van der Waals surface area contributed by atoms with E-state index in [1.54, 1.807) is 36.3 Å². The summed E-state index contributed by atoms with van der Waals surface area (Å²) in [7, 11) is 1.78. The zero-order chi connectivity index (χ0) is 15.7. The van der Waals surface area contributed by atoms with E-state index in [1.807, 2.05) is 0 Å². The Morgan fingerprint density at radius 1 is 1.45 bits per heavy atom. The summed E-state index contributed by atoms with van der Waals surface area (Å²) in [4.78, 5) is 28.6. The van der Waals surface area contributed by atoms with Crippen LogP contribution in [-0.2, 0) is 4.79 Å². The number of carbonyl (C=O) groups is 1. The fraction of sp³-hybridized carbons (Fsp3) is 0.333. The van der Waals surface area contributed by atoms with Gasteiger partial charge in [-0.15, -0.1) is 0 Å². The molecule has 1 aromatic carbocycles. The first kappa shape index (κ1) is 14.2. The van der Waals surface area contributed by atoms with Gasteiger partial charge in [-0.3, -0.25) is 19.9 Å². The van der Waals surface area contributed by atoms with Gasteiger partial charge in [-0.05, 0) is 31.0 Å². The molecule has 114 valence electrons. The van der Waals surface area contributed by atoms with Crippen LogP contribution >= 0.6 is 0 Å². The van der Waals surface area contributed by atoms with Crippen molar-refractivity contribution in [1.82, 2.24) is 10.3 Å². The van der Waals surface area contributed by atoms with Gasteiger partial charge in [0.1, 0.15) is 5.52 Å². The van der Waals surface area contributed by atoms with Gasteiger partial charge in [-0.25, -0.2) is 0 Å². The number of rotatable bonds is 5. The average molecular weight is 300 g/mol. The van der Waals surface area contributed by atoms with Crippen LogP contribution in [0.15, 0.2) is 30.5 Å². The first-order valence-electron chi connectivity index (χ1n) is 7.09. The van der Waals surface area contributed by atoms with Gasteiger partial charge in [-0.2, -0.15) is 0 Å². The topological polar surface area (TPSA) is 88.4 Å². The Kier molecular flexibility index (Phi) is 3.62. The summed E-state index contributed by atoms with van der Waals surface area (Å²) in [5.74, 6) is -0.0487. The van der Waals surface area contributed by atoms with Crippen molar-refractivity contribution in [1.29, 1.82) is 0 Å². The molecule has 1 saturated carbocycles. The molecule has 0 spiro atoms. The molecule has 1 heterocycles. The maximum atomic E-state index is 11.9. The molecule has 0 bridgehead atoms. The van der Waals surface area contributed by atoms with E-state index in [0.29, 0.717) is 22.6 Å². The molecule has 0 radical (unpaired) electrons. The minimum Gasteiger partial charge on any atom is -0.364 e. The number of aromatic nitrogens is 1. The lowest BCUT2D eigenvalue weighted by Crippen LogP contribution is -2.36. The summed E-state index contributed by atoms with van der Waals surface area (Å²) < 4.78 is 0. The Morgan fingerprint density at radius 2 is 2.23 bits per heavy atom. The summed E-state index contributed by atoms with van der Waals surface area (Å²) >= 11 is 0. The molecule has 0 atom stereocenters. The summed E-state index contributed by atoms with van der Waals surface area (Å²) in [6.45, 7) is 0.194. The van der Waals surface area contributed by atoms with Crippen LogP contribution in [0.2, 0.25) is 0 Å². The lowest BCUT2D eigenvalue weighted by molar-refractivity contribution is -0.383. The number of non-ortho nitro benzene ring substituents is 1. The molecule has 1 aliphatic carbocycles. The predicted molar refractivity (Wildman–Crippen MR) is 82.8 cm³/mol. The summed E-state index contributed by atoms with van der Waals surface area (Å²) in [5, 5.41) is 14.5. The number of hydrogen-bond donors (Lipinski definition) is 1. The average Bonchev–Trinajstić information content (AvgIpc) is 3.29. The van der Waals surface area contributed by atoms with Crippen LogP contribution in [0.1, 0.15) is 12.8 Å². The molecule has 1 aromatic heterocycles. The van der Waals surface area contributed by atoms with E-state index in [-0.39, 0.29) is 18.1 Å². The molecule has 1 fully saturated rings. The van der Waals surface area contributed by atoms with Crippen molar-refractivity contribution in [2.45, 2.75) is 18.9 Å². The monoisotopic (exact) mass is 300 g/mol. The van der Waals surface area contributed by atoms with Crippen LogP contribution in [0.5, 0.6) is 0 Å². The van der Waals surface area contributed by atoms with E-state index < -0.39 is 4.92 Å². The molecule has 0 aliphatic heterocycles. The zero-order valence-electron chi connectivity index (χ0n) is 12.2. The van der Waals surface area contributed by atoms with Crippen LogP contribution in [0.4, 0.5) is 11.4 Å². The number of likely N-dealkylation sites (N-methyl/N-ethyl adjacent to an activating group) is 1. The summed E-state index contributed by atoms with van der Waals surface area (Å²) in [5.41, 5.74) is 1.24. The molecule has 1 amide bonds. The van der Waals surface area contributed by atoms with Crippen LogP contribution in [0, 0.1) is 10.1 Å². The first-order valence-corrected chi connectivity index (χ1v) is 7.09. The SMILES string of the molecule is CN(CC(=O)NC1CC1)c1ccc([N+](=O)[O-])c2cccnc12. The third kappa shape index (κ3) is 2.83. The summed E-state index contributed by atoms with van der Waals surface area (Å²) in [6, 6.07) is 6.74. The van der Waals surface area contributed by atoms with Gasteiger partial charge < -0.3 is 10.2 Å². The summed E-state index contributed by atoms with van der Waals surface area (Å²) in [6.07, 6.45) is 3.67. The van der Waals surface area contributed by atoms with E-state index >= 15 is 0 Å². The molecule has 1 N–H and O–H groups in total. The Balaban J connectivity index is 1.91. The van der Waals surface area contributed by atoms with Crippen molar-refractivity contribution < 1.29 is 9.72 Å². The number of nitro groups is 1. The number of hydrogen-bond acceptors (Lipinski definition) is 5. The number of amides is 1. The van der Waals surface area contributed by atoms with E-state index in [4.69, 9.17) is 0 Å². The second kappa shape index (κ2) is 5.59. The smallest absolute Gasteiger partial charge is 0.278 e. The Labute approximate surface area is 127 Å². The van der Waals surface area contributed by atoms with Crippen molar-refractivity contribution in [3.05, 3.63) is 40.6 Å². The zero-order valence-corrected chi connectivity index (χ0v) is 12.2. The molecule has 2 aromatic rings. The Hall–Kier alpha value is -2.70. The minimum absolute atomic E-state index is 0.0164. The van der Waals surface area contributed by atoms with E-state index in [2.05, 4.69) is 10.3 Å². The highest BCUT2D eigenvalue weighted by Gasteiger charge is 2.24. The Bertz CT molecular complexity index is 743. The first-order chi connectivity index (χ1) is 10.6. The molecule has 0 saturated heterocycles. The van der Waals surface area contributed by atoms with Crippen molar-refractivity contribution in [3.8, 4) is 0 Å². The predicted octanol–water partition coefficient (Wildman–Crippen LogP) is 1.86. The van der Waals surface area contributed by atoms with Gasteiger partial charge in [0.2, 0.25) is 5.91 Å². The number of pyridine rings is 1. The number of anilines is 1. The van der Waals surface area contributed by atoms with Gasteiger partial charge in [0.05, 0.1) is 22.5 Å². The van der Waals surface area contributed by atoms with E-state index in [0.717, 1.165) is 12.8 Å². The van der Waals surface area contributed by atoms with Gasteiger partial charge >= 0.3 is 0 Å². The van der Waals surface area contributed by atoms with E-state index in [9.17, 15) is 14.9 Å². The molecule has 22 heavy (non-hydrogen) atoms. The second-order valence-electron chi connectivity index (χ2n) is 5.46. The van der Waals surface area contributed by atoms with Crippen molar-refractivity contribution in [3.63, 3.8) is 0 Å². The van der Waals surface area contributed by atoms with Crippen molar-refractivity contribution in [2.24, 2.45) is 0 Å². The highest BCUT2D eigenvalue weighted by Crippen LogP contribution is 2.31. The number of nitrogens with zero attached hydrogens (tertiary/aromatic N) is 3. The highest BCUT2D eigenvalue weighted by molar-refractivity contribution is 5.98. The number of fused-ring (bicyclic) bond motifs is 1. The molecular weight excluding hydrogens is 284 g/mol. The normalized spacial score (nSPS) is 13.9. The van der Waals surface area contributed by atoms with Crippen LogP contribution in [-0.4, -0.2) is 35.4 Å². The quantitative estimate of drug-likeness (QED) is 0.672. The van der Waals surface area contributed by atoms with Crippen LogP contribution < -0.4 is 10.2 Å². The highest BCUT2D eigenvalue weighted by atomic mass is 16.6. The van der Waals surface area contributed by atoms with Crippen LogP contribution in [0.25, 0.3) is 10.9 Å². The molecule has 7 nitrogen and oxygen atoms in total. The molecular formula is C15H16N4O3. The van der Waals surface area contributed by atoms with Crippen molar-refractivity contribution in [2.75, 3.05) is 18.5 Å². The lowest BCUT2D eigenvalue weighted by Gasteiger charge is -2.20. The van der Waals surface area contributed by atoms with Crippen molar-refractivity contribution >= 4 is 28.2 Å². The van der Waals surface area contributed by atoms with Gasteiger partial charge in [0.25, 0.3) is 5.69 Å². The maximum Gasteiger partial charge on any atom is 0.278 e. The number of benzene rings is 1. The molecule has 7 heteroatoms. The molecule has 0 unspecified atom stereocenters. The third-order valence-electron chi connectivity index (χ3n) is 3.66. The second-order valence-corrected chi connectivity index (χ2v) is 5.46. The number of nitro benzene ring substituents is 1. The van der Waals surface area contributed by atoms with Crippen LogP contribution in [0.3, 0.4) is 0 Å². The standard InChI is InChI=1S/C15H16N4O3/c1-18(9-14(20)17-10-4-5-10)13-7-6-12(19(21)22)11-3-2-8-16-15(11)13/h2-3,6-8,10H,4-5,9H2,1H3,(H,17,20). The van der Waals surface area contributed by atoms with E-state index in [1.165, 1.54) is 6.07 Å². The third-order valence-corrected chi connectivity index (χ3v) is 3.66. The fourth-order valence-electron chi connectivity index (χ4n) is 2.41. The lowest BCUT2D eigenvalue weighted by atomic mass is 10.1. The van der Waals surface area contributed by atoms with Gasteiger partial charge in [0, 0.05) is 25.4 Å². The number of nitrogens with one attached hydrogen (secondary N) is 1. The maximum absolute atomic E-state index is 11.9.